The molecule has 3 unspecified atom stereocenters. The predicted molar refractivity (Wildman–Crippen MR) is 66.2 cm³/mol. The van der Waals surface area contributed by atoms with Crippen molar-refractivity contribution in [3.8, 4) is 0 Å². The quantitative estimate of drug-likeness (QED) is 0.150. The van der Waals surface area contributed by atoms with Crippen LogP contribution >= 0.6 is 0 Å². The van der Waals surface area contributed by atoms with Crippen molar-refractivity contribution in [3.63, 3.8) is 0 Å². The minimum absolute atomic E-state index is 0.00419. The predicted octanol–water partition coefficient (Wildman–Crippen LogP) is -1.99. The van der Waals surface area contributed by atoms with Crippen LogP contribution in [0.25, 0.3) is 5.53 Å². The van der Waals surface area contributed by atoms with E-state index in [1.807, 2.05) is 0 Å². The van der Waals surface area contributed by atoms with E-state index in [0.29, 0.717) is 13.7 Å². The zero-order chi connectivity index (χ0) is 14.9. The minimum atomic E-state index is -0.602. The van der Waals surface area contributed by atoms with Gasteiger partial charge in [-0.2, -0.15) is 0 Å². The number of amides is 1. The first kappa shape index (κ1) is 14.4. The molecule has 0 saturated carbocycles. The Bertz CT molecular complexity index is 543. The summed E-state index contributed by atoms with van der Waals surface area (Å²) in [7, 11) is 0.711. The van der Waals surface area contributed by atoms with Crippen LogP contribution in [0.5, 0.6) is 0 Å². The van der Waals surface area contributed by atoms with Gasteiger partial charge in [-0.05, 0) is 0 Å². The normalized spacial score (nSPS) is 27.6. The Labute approximate surface area is 115 Å². The topological polar surface area (TPSA) is 120 Å². The summed E-state index contributed by atoms with van der Waals surface area (Å²) in [4.78, 5) is 38.9. The summed E-state index contributed by atoms with van der Waals surface area (Å²) in [5, 5.41) is 2.70. The van der Waals surface area contributed by atoms with Gasteiger partial charge in [-0.3, -0.25) is 0 Å². The number of hydrogen-bond acceptors (Lipinski definition) is 5. The molecule has 2 rings (SSSR count). The molecule has 3 atom stereocenters. The molecular weight excluding hydrogens is 263 g/mol. The molecule has 0 aromatic carbocycles. The fraction of sp³-hybridized carbons (Fsp3) is 0.636. The molecule has 0 radical (unpaired) electrons. The second-order valence-corrected chi connectivity index (χ2v) is 4.99. The van der Waals surface area contributed by atoms with Crippen molar-refractivity contribution in [3.05, 3.63) is 5.53 Å². The third-order valence-corrected chi connectivity index (χ3v) is 3.74. The average molecular weight is 276 g/mol. The number of carbonyl (C=O) groups excluding carboxylic acids is 3. The van der Waals surface area contributed by atoms with Crippen molar-refractivity contribution in [2.24, 2.45) is 5.92 Å². The van der Waals surface area contributed by atoms with Crippen LogP contribution < -0.4 is 5.32 Å². The summed E-state index contributed by atoms with van der Waals surface area (Å²) in [6, 6.07) is -0.580. The Balaban J connectivity index is 2.06. The standard InChI is InChI=1S/C11H13BN4O4/c1-5(17)8(15-13)7(18)2-6-3-16(4-12-20)10-9(6)14-11(10)19/h6,9-10H,2-4H2,1H3,(H,14,19). The molecule has 1 N–H and O–H groups in total. The van der Waals surface area contributed by atoms with Crippen LogP contribution in [0.3, 0.4) is 0 Å². The molecule has 8 nitrogen and oxygen atoms in total. The Morgan fingerprint density at radius 2 is 2.25 bits per heavy atom. The van der Waals surface area contributed by atoms with Crippen LogP contribution in [0.2, 0.25) is 0 Å². The van der Waals surface area contributed by atoms with Gasteiger partial charge in [0, 0.05) is 0 Å². The van der Waals surface area contributed by atoms with E-state index in [0.717, 1.165) is 6.92 Å². The molecular formula is C11H13BN4O4. The summed E-state index contributed by atoms with van der Waals surface area (Å²) < 4.78 is 10.6. The third-order valence-electron chi connectivity index (χ3n) is 3.74. The number of β-lactam (4-membered cyclic amide) rings is 1. The first-order chi connectivity index (χ1) is 9.49. The summed E-state index contributed by atoms with van der Waals surface area (Å²) in [6.07, 6.45) is 0.128. The molecule has 0 aromatic heterocycles. The number of rotatable bonds is 6. The van der Waals surface area contributed by atoms with Crippen molar-refractivity contribution >= 4 is 30.3 Å². The van der Waals surface area contributed by atoms with Gasteiger partial charge in [-0.1, -0.05) is 0 Å². The van der Waals surface area contributed by atoms with Gasteiger partial charge in [0.25, 0.3) is 0 Å². The number of hydrogen-bond donors (Lipinski definition) is 1. The number of Topliss-reactive ketones (excluding diaryl/α,β-unsaturated/α-hetero) is 2. The van der Waals surface area contributed by atoms with Crippen LogP contribution in [-0.4, -0.2) is 65.1 Å². The molecule has 0 bridgehead atoms. The van der Waals surface area contributed by atoms with Gasteiger partial charge in [0.05, 0.1) is 0 Å². The number of nitrogens with zero attached hydrogens (tertiary/aromatic N) is 3. The second-order valence-electron chi connectivity index (χ2n) is 4.99. The van der Waals surface area contributed by atoms with Gasteiger partial charge < -0.3 is 0 Å². The summed E-state index contributed by atoms with van der Waals surface area (Å²) >= 11 is 0. The maximum absolute atomic E-state index is 11.9. The van der Waals surface area contributed by atoms with Gasteiger partial charge >= 0.3 is 114 Å². The Kier molecular flexibility index (Phi) is 4.01. The van der Waals surface area contributed by atoms with Crippen LogP contribution in [-0.2, 0) is 19.1 Å². The molecule has 2 aliphatic rings. The zero-order valence-electron chi connectivity index (χ0n) is 10.9. The van der Waals surface area contributed by atoms with E-state index in [1.165, 1.54) is 0 Å². The van der Waals surface area contributed by atoms with Gasteiger partial charge in [0.1, 0.15) is 0 Å². The summed E-state index contributed by atoms with van der Waals surface area (Å²) in [6.45, 7) is 1.56. The van der Waals surface area contributed by atoms with Crippen LogP contribution in [0.15, 0.2) is 0 Å². The van der Waals surface area contributed by atoms with Crippen molar-refractivity contribution in [2.45, 2.75) is 25.4 Å². The number of ketones is 2. The van der Waals surface area contributed by atoms with E-state index in [2.05, 4.69) is 10.1 Å². The molecule has 9 heteroatoms. The molecule has 104 valence electrons. The Morgan fingerprint density at radius 1 is 1.55 bits per heavy atom. The fourth-order valence-corrected chi connectivity index (χ4v) is 2.83. The van der Waals surface area contributed by atoms with Crippen molar-refractivity contribution < 1.29 is 23.9 Å². The molecule has 0 aliphatic carbocycles. The van der Waals surface area contributed by atoms with E-state index >= 15 is 0 Å². The van der Waals surface area contributed by atoms with E-state index < -0.39 is 17.3 Å². The van der Waals surface area contributed by atoms with E-state index in [4.69, 9.17) is 5.53 Å². The molecule has 20 heavy (non-hydrogen) atoms. The molecule has 2 fully saturated rings. The third kappa shape index (κ3) is 2.37. The van der Waals surface area contributed by atoms with Crippen molar-refractivity contribution in [1.82, 2.24) is 10.2 Å². The first-order valence-electron chi connectivity index (χ1n) is 6.23. The monoisotopic (exact) mass is 276 g/mol. The van der Waals surface area contributed by atoms with Crippen molar-refractivity contribution in [1.29, 1.82) is 0 Å². The van der Waals surface area contributed by atoms with E-state index in [1.54, 1.807) is 4.90 Å². The molecule has 1 amide bonds. The molecule has 0 spiro atoms. The Morgan fingerprint density at radius 3 is 2.75 bits per heavy atom. The average Bonchev–Trinajstić information content (AvgIpc) is 2.61. The molecule has 2 heterocycles. The maximum atomic E-state index is 11.9. The van der Waals surface area contributed by atoms with Crippen molar-refractivity contribution in [2.75, 3.05) is 13.0 Å². The number of fused-ring (bicyclic) bond motifs is 1. The van der Waals surface area contributed by atoms with Gasteiger partial charge in [-0.15, -0.1) is 0 Å². The fourth-order valence-electron chi connectivity index (χ4n) is 2.83. The number of likely N-dealkylation sites (tertiary alicyclic amines) is 1. The van der Waals surface area contributed by atoms with E-state index in [-0.39, 0.29) is 36.8 Å². The van der Waals surface area contributed by atoms with Gasteiger partial charge in [0.2, 0.25) is 0 Å². The van der Waals surface area contributed by atoms with Gasteiger partial charge in [0.15, 0.2) is 0 Å². The SMILES string of the molecule is CC(=O)C(=[N+]=[N-])C(=O)CC1CN(CB=O)C2C(=O)NC12. The van der Waals surface area contributed by atoms with Crippen LogP contribution in [0.4, 0.5) is 0 Å². The summed E-state index contributed by atoms with van der Waals surface area (Å²) in [5.74, 6) is -1.51. The number of nitrogens with one attached hydrogen (secondary N) is 1. The molecule has 2 aliphatic heterocycles. The van der Waals surface area contributed by atoms with Gasteiger partial charge in [-0.25, -0.2) is 0 Å². The van der Waals surface area contributed by atoms with E-state index in [9.17, 15) is 19.1 Å². The summed E-state index contributed by atoms with van der Waals surface area (Å²) in [5.41, 5.74) is 8.19. The van der Waals surface area contributed by atoms with Crippen LogP contribution in [0.1, 0.15) is 13.3 Å². The molecule has 0 aromatic rings. The first-order valence-corrected chi connectivity index (χ1v) is 6.23. The Hall–Kier alpha value is -1.99. The number of carbonyl (C=O) groups is 3. The zero-order valence-corrected chi connectivity index (χ0v) is 10.9. The van der Waals surface area contributed by atoms with Crippen LogP contribution in [0, 0.1) is 5.92 Å². The molecule has 2 saturated heterocycles. The second kappa shape index (κ2) is 5.56.